The van der Waals surface area contributed by atoms with Crippen LogP contribution in [0, 0.1) is 0 Å². The van der Waals surface area contributed by atoms with Crippen molar-refractivity contribution in [3.63, 3.8) is 0 Å². The summed E-state index contributed by atoms with van der Waals surface area (Å²) < 4.78 is 0. The Kier molecular flexibility index (Phi) is 6.34. The maximum Gasteiger partial charge on any atom is 0.0550 e. The Hall–Kier alpha value is -0.220. The quantitative estimate of drug-likeness (QED) is 0.780. The molecule has 2 N–H and O–H groups in total. The van der Waals surface area contributed by atoms with Gasteiger partial charge >= 0.3 is 0 Å². The normalized spacial score (nSPS) is 13.1. The second kappa shape index (κ2) is 7.27. The summed E-state index contributed by atoms with van der Waals surface area (Å²) in [5.74, 6) is 0. The zero-order chi connectivity index (χ0) is 12.8. The van der Waals surface area contributed by atoms with Crippen molar-refractivity contribution in [2.75, 3.05) is 6.61 Å². The zero-order valence-electron chi connectivity index (χ0n) is 10.5. The molecule has 1 aromatic carbocycles. The molecule has 1 atom stereocenters. The molecule has 0 saturated carbocycles. The minimum atomic E-state index is 0.164. The fourth-order valence-corrected chi connectivity index (χ4v) is 2.49. The van der Waals surface area contributed by atoms with Crippen LogP contribution < -0.4 is 5.32 Å². The first kappa shape index (κ1) is 14.8. The molecular formula is C13H20ClNOS. The minimum Gasteiger partial charge on any atom is -0.395 e. The van der Waals surface area contributed by atoms with Gasteiger partial charge in [-0.05, 0) is 17.7 Å². The van der Waals surface area contributed by atoms with Crippen molar-refractivity contribution in [3.05, 3.63) is 28.8 Å². The van der Waals surface area contributed by atoms with E-state index in [1.807, 2.05) is 19.1 Å². The van der Waals surface area contributed by atoms with Crippen LogP contribution in [0.1, 0.15) is 26.3 Å². The molecule has 0 saturated heterocycles. The molecule has 1 unspecified atom stereocenters. The molecule has 0 aliphatic rings. The molecule has 1 aromatic rings. The van der Waals surface area contributed by atoms with Crippen LogP contribution in [0.3, 0.4) is 0 Å². The number of rotatable bonds is 6. The fourth-order valence-electron chi connectivity index (χ4n) is 1.33. The van der Waals surface area contributed by atoms with Crippen LogP contribution in [0.4, 0.5) is 0 Å². The maximum absolute atomic E-state index is 9.01. The van der Waals surface area contributed by atoms with Crippen molar-refractivity contribution in [1.82, 2.24) is 5.32 Å². The molecule has 96 valence electrons. The molecule has 0 bridgehead atoms. The molecule has 1 rings (SSSR count). The molecule has 2 nitrogen and oxygen atoms in total. The molecule has 0 spiro atoms. The number of hydrogen-bond donors (Lipinski definition) is 2. The van der Waals surface area contributed by atoms with Crippen molar-refractivity contribution in [2.45, 2.75) is 43.5 Å². The average Bonchev–Trinajstić information content (AvgIpc) is 2.29. The third-order valence-electron chi connectivity index (χ3n) is 2.30. The summed E-state index contributed by atoms with van der Waals surface area (Å²) in [5.41, 5.74) is 1.18. The van der Waals surface area contributed by atoms with Crippen molar-refractivity contribution >= 4 is 23.4 Å². The Labute approximate surface area is 113 Å². The maximum atomic E-state index is 9.01. The van der Waals surface area contributed by atoms with Gasteiger partial charge in [0.1, 0.15) is 0 Å². The fraction of sp³-hybridized carbons (Fsp3) is 0.538. The Bertz CT molecular complexity index is 357. The molecule has 0 heterocycles. The van der Waals surface area contributed by atoms with Crippen LogP contribution in [0.2, 0.25) is 5.02 Å². The van der Waals surface area contributed by atoms with Gasteiger partial charge < -0.3 is 10.4 Å². The highest BCUT2D eigenvalue weighted by atomic mass is 35.5. The minimum absolute atomic E-state index is 0.164. The van der Waals surface area contributed by atoms with Crippen LogP contribution >= 0.6 is 23.4 Å². The molecule has 0 aliphatic heterocycles. The summed E-state index contributed by atoms with van der Waals surface area (Å²) >= 11 is 7.82. The highest BCUT2D eigenvalue weighted by Crippen LogP contribution is 2.30. The van der Waals surface area contributed by atoms with Crippen molar-refractivity contribution in [1.29, 1.82) is 0 Å². The number of nitrogens with one attached hydrogen (secondary N) is 1. The van der Waals surface area contributed by atoms with E-state index in [-0.39, 0.29) is 11.9 Å². The van der Waals surface area contributed by atoms with E-state index in [4.69, 9.17) is 16.7 Å². The van der Waals surface area contributed by atoms with Gasteiger partial charge in [-0.1, -0.05) is 38.4 Å². The summed E-state index contributed by atoms with van der Waals surface area (Å²) in [4.78, 5) is 1.03. The predicted molar refractivity (Wildman–Crippen MR) is 75.8 cm³/mol. The first-order valence-electron chi connectivity index (χ1n) is 5.82. The average molecular weight is 274 g/mol. The molecule has 0 radical (unpaired) electrons. The zero-order valence-corrected chi connectivity index (χ0v) is 12.1. The van der Waals surface area contributed by atoms with E-state index < -0.39 is 0 Å². The van der Waals surface area contributed by atoms with Crippen LogP contribution in [0.25, 0.3) is 0 Å². The van der Waals surface area contributed by atoms with E-state index in [1.165, 1.54) is 5.56 Å². The lowest BCUT2D eigenvalue weighted by Crippen LogP contribution is -2.21. The van der Waals surface area contributed by atoms with E-state index in [9.17, 15) is 0 Å². The summed E-state index contributed by atoms with van der Waals surface area (Å²) in [6.45, 7) is 7.22. The predicted octanol–water partition coefficient (Wildman–Crippen LogP) is 3.31. The van der Waals surface area contributed by atoms with E-state index in [0.717, 1.165) is 16.5 Å². The highest BCUT2D eigenvalue weighted by molar-refractivity contribution is 8.00. The van der Waals surface area contributed by atoms with Gasteiger partial charge in [-0.2, -0.15) is 0 Å². The summed E-state index contributed by atoms with van der Waals surface area (Å²) in [7, 11) is 0. The number of thioether (sulfide) groups is 1. The van der Waals surface area contributed by atoms with Gasteiger partial charge in [-0.25, -0.2) is 0 Å². The van der Waals surface area contributed by atoms with Crippen molar-refractivity contribution in [2.24, 2.45) is 0 Å². The second-order valence-corrected chi connectivity index (χ2v) is 6.30. The van der Waals surface area contributed by atoms with Gasteiger partial charge in [0, 0.05) is 22.7 Å². The van der Waals surface area contributed by atoms with Gasteiger partial charge in [0.2, 0.25) is 0 Å². The molecule has 0 aliphatic carbocycles. The summed E-state index contributed by atoms with van der Waals surface area (Å²) in [6, 6.07) is 6.56. The third-order valence-corrected chi connectivity index (χ3v) is 3.88. The largest absolute Gasteiger partial charge is 0.395 e. The van der Waals surface area contributed by atoms with E-state index >= 15 is 0 Å². The van der Waals surface area contributed by atoms with Crippen molar-refractivity contribution < 1.29 is 5.11 Å². The number of aliphatic hydroxyl groups excluding tert-OH is 1. The number of hydrogen-bond acceptors (Lipinski definition) is 3. The summed E-state index contributed by atoms with van der Waals surface area (Å²) in [5, 5.41) is 13.3. The number of benzene rings is 1. The standard InChI is InChI=1S/C13H20ClNOS/c1-9(2)15-7-11-4-5-13(12(14)6-11)17-10(3)8-16/h4-6,9-10,15-16H,7-8H2,1-3H3. The Balaban J connectivity index is 2.65. The van der Waals surface area contributed by atoms with Crippen LogP contribution in [0.5, 0.6) is 0 Å². The molecule has 0 amide bonds. The third kappa shape index (κ3) is 5.30. The monoisotopic (exact) mass is 273 g/mol. The first-order chi connectivity index (χ1) is 8.02. The molecule has 0 fully saturated rings. The summed E-state index contributed by atoms with van der Waals surface area (Å²) in [6.07, 6.45) is 0. The Morgan fingerprint density at radius 2 is 2.06 bits per heavy atom. The molecule has 4 heteroatoms. The topological polar surface area (TPSA) is 32.3 Å². The molecule has 17 heavy (non-hydrogen) atoms. The van der Waals surface area contributed by atoms with Crippen LogP contribution in [0.15, 0.2) is 23.1 Å². The second-order valence-electron chi connectivity index (χ2n) is 4.41. The van der Waals surface area contributed by atoms with E-state index in [0.29, 0.717) is 6.04 Å². The van der Waals surface area contributed by atoms with Gasteiger partial charge in [0.25, 0.3) is 0 Å². The smallest absolute Gasteiger partial charge is 0.0550 e. The number of halogens is 1. The number of aliphatic hydroxyl groups is 1. The van der Waals surface area contributed by atoms with Gasteiger partial charge in [-0.3, -0.25) is 0 Å². The molecular weight excluding hydrogens is 254 g/mol. The van der Waals surface area contributed by atoms with Gasteiger partial charge in [-0.15, -0.1) is 11.8 Å². The Morgan fingerprint density at radius 1 is 1.35 bits per heavy atom. The van der Waals surface area contributed by atoms with Crippen LogP contribution in [-0.2, 0) is 6.54 Å². The lowest BCUT2D eigenvalue weighted by Gasteiger charge is -2.12. The van der Waals surface area contributed by atoms with Gasteiger partial charge in [0.05, 0.1) is 11.6 Å². The Morgan fingerprint density at radius 3 is 2.59 bits per heavy atom. The van der Waals surface area contributed by atoms with E-state index in [2.05, 4.69) is 25.2 Å². The van der Waals surface area contributed by atoms with E-state index in [1.54, 1.807) is 11.8 Å². The van der Waals surface area contributed by atoms with Crippen LogP contribution in [-0.4, -0.2) is 23.0 Å². The van der Waals surface area contributed by atoms with Crippen molar-refractivity contribution in [3.8, 4) is 0 Å². The van der Waals surface area contributed by atoms with Gasteiger partial charge in [0.15, 0.2) is 0 Å². The first-order valence-corrected chi connectivity index (χ1v) is 7.08. The highest BCUT2D eigenvalue weighted by Gasteiger charge is 2.07. The SMILES string of the molecule is CC(C)NCc1ccc(SC(C)CO)c(Cl)c1. The lowest BCUT2D eigenvalue weighted by molar-refractivity contribution is 0.300. The lowest BCUT2D eigenvalue weighted by atomic mass is 10.2. The molecule has 0 aromatic heterocycles.